The summed E-state index contributed by atoms with van der Waals surface area (Å²) in [6.45, 7) is 4.53. The molecule has 2 aliphatic carbocycles. The number of aliphatic hydroxyl groups is 1. The Labute approximate surface area is 188 Å². The van der Waals surface area contributed by atoms with E-state index in [2.05, 4.69) is 19.9 Å². The lowest BCUT2D eigenvalue weighted by molar-refractivity contribution is 0.116. The summed E-state index contributed by atoms with van der Waals surface area (Å²) in [5, 5.41) is 20.0. The third kappa shape index (κ3) is 9.30. The second-order valence-electron chi connectivity index (χ2n) is 10.8. The molecule has 0 spiro atoms. The summed E-state index contributed by atoms with van der Waals surface area (Å²) in [5.74, 6) is 3.68. The van der Waals surface area contributed by atoms with Gasteiger partial charge in [0.1, 0.15) is 0 Å². The molecule has 0 amide bonds. The van der Waals surface area contributed by atoms with Crippen molar-refractivity contribution in [3.63, 3.8) is 0 Å². The van der Waals surface area contributed by atoms with Crippen LogP contribution in [0.1, 0.15) is 136 Å². The summed E-state index contributed by atoms with van der Waals surface area (Å²) >= 11 is 0. The van der Waals surface area contributed by atoms with Crippen molar-refractivity contribution in [3.8, 4) is 6.07 Å². The van der Waals surface area contributed by atoms with Crippen LogP contribution in [0.4, 0.5) is 0 Å². The lowest BCUT2D eigenvalue weighted by atomic mass is 9.66. The molecule has 2 nitrogen and oxygen atoms in total. The van der Waals surface area contributed by atoms with Gasteiger partial charge in [0.25, 0.3) is 0 Å². The highest BCUT2D eigenvalue weighted by Gasteiger charge is 2.33. The zero-order chi connectivity index (χ0) is 21.6. The largest absolute Gasteiger partial charge is 0.393 e. The molecule has 2 atom stereocenters. The van der Waals surface area contributed by atoms with E-state index in [0.29, 0.717) is 5.92 Å². The Balaban J connectivity index is 1.62. The van der Waals surface area contributed by atoms with Crippen molar-refractivity contribution in [1.29, 1.82) is 5.26 Å². The molecule has 2 aliphatic rings. The number of unbranched alkanes of at least 4 members (excludes halogenated alkanes) is 5. The van der Waals surface area contributed by atoms with Gasteiger partial charge in [-0.3, -0.25) is 0 Å². The second-order valence-corrected chi connectivity index (χ2v) is 10.8. The predicted molar refractivity (Wildman–Crippen MR) is 128 cm³/mol. The molecular formula is C28H51NO. The van der Waals surface area contributed by atoms with E-state index in [0.717, 1.165) is 43.4 Å². The fourth-order valence-corrected chi connectivity index (χ4v) is 6.38. The lowest BCUT2D eigenvalue weighted by Crippen LogP contribution is -2.28. The fourth-order valence-electron chi connectivity index (χ4n) is 6.38. The normalized spacial score (nSPS) is 29.3. The van der Waals surface area contributed by atoms with Crippen molar-refractivity contribution in [2.24, 2.45) is 29.6 Å². The van der Waals surface area contributed by atoms with Gasteiger partial charge in [-0.25, -0.2) is 0 Å². The molecule has 0 heterocycles. The molecule has 2 unspecified atom stereocenters. The average molecular weight is 418 g/mol. The van der Waals surface area contributed by atoms with Gasteiger partial charge < -0.3 is 5.11 Å². The molecule has 0 aliphatic heterocycles. The molecule has 2 heteroatoms. The first kappa shape index (κ1) is 25.7. The van der Waals surface area contributed by atoms with Crippen molar-refractivity contribution in [3.05, 3.63) is 0 Å². The van der Waals surface area contributed by atoms with Gasteiger partial charge in [0.15, 0.2) is 0 Å². The van der Waals surface area contributed by atoms with Crippen molar-refractivity contribution in [1.82, 2.24) is 0 Å². The van der Waals surface area contributed by atoms with Crippen LogP contribution in [0, 0.1) is 40.9 Å². The van der Waals surface area contributed by atoms with Gasteiger partial charge >= 0.3 is 0 Å². The highest BCUT2D eigenvalue weighted by atomic mass is 16.3. The van der Waals surface area contributed by atoms with Crippen molar-refractivity contribution >= 4 is 0 Å². The summed E-state index contributed by atoms with van der Waals surface area (Å²) < 4.78 is 0. The molecule has 2 saturated carbocycles. The SMILES string of the molecule is CCCCCCC(O)CCC(C#N)C1CCC([C@H]2CC[C@H](CCCCC)CC2)CC1. The smallest absolute Gasteiger partial charge is 0.0658 e. The monoisotopic (exact) mass is 417 g/mol. The van der Waals surface area contributed by atoms with Gasteiger partial charge in [0, 0.05) is 5.92 Å². The van der Waals surface area contributed by atoms with E-state index in [9.17, 15) is 10.4 Å². The Kier molecular flexibility index (Phi) is 13.1. The van der Waals surface area contributed by atoms with Crippen molar-refractivity contribution < 1.29 is 5.11 Å². The van der Waals surface area contributed by atoms with E-state index < -0.39 is 0 Å². The minimum absolute atomic E-state index is 0.172. The molecule has 30 heavy (non-hydrogen) atoms. The van der Waals surface area contributed by atoms with Gasteiger partial charge in [0.05, 0.1) is 12.2 Å². The molecule has 0 saturated heterocycles. The number of hydrogen-bond acceptors (Lipinski definition) is 2. The highest BCUT2D eigenvalue weighted by Crippen LogP contribution is 2.44. The van der Waals surface area contributed by atoms with Gasteiger partial charge in [-0.2, -0.15) is 5.26 Å². The molecule has 2 fully saturated rings. The quantitative estimate of drug-likeness (QED) is 0.288. The van der Waals surface area contributed by atoms with E-state index in [1.54, 1.807) is 0 Å². The predicted octanol–water partition coefficient (Wildman–Crippen LogP) is 8.43. The third-order valence-corrected chi connectivity index (χ3v) is 8.53. The highest BCUT2D eigenvalue weighted by molar-refractivity contribution is 4.92. The van der Waals surface area contributed by atoms with Crippen LogP contribution >= 0.6 is 0 Å². The molecule has 0 aromatic rings. The van der Waals surface area contributed by atoms with E-state index in [-0.39, 0.29) is 12.0 Å². The van der Waals surface area contributed by atoms with Gasteiger partial charge in [-0.1, -0.05) is 78.1 Å². The Bertz CT molecular complexity index is 454. The number of rotatable bonds is 14. The van der Waals surface area contributed by atoms with Crippen LogP contribution in [0.5, 0.6) is 0 Å². The van der Waals surface area contributed by atoms with Crippen LogP contribution in [0.25, 0.3) is 0 Å². The average Bonchev–Trinajstić information content (AvgIpc) is 2.78. The first-order valence-corrected chi connectivity index (χ1v) is 13.8. The fraction of sp³-hybridized carbons (Fsp3) is 0.964. The first-order chi connectivity index (χ1) is 14.7. The maximum absolute atomic E-state index is 10.3. The number of nitrogens with zero attached hydrogens (tertiary/aromatic N) is 1. The van der Waals surface area contributed by atoms with Gasteiger partial charge in [-0.05, 0) is 81.5 Å². The summed E-state index contributed by atoms with van der Waals surface area (Å²) in [4.78, 5) is 0. The van der Waals surface area contributed by atoms with E-state index in [4.69, 9.17) is 0 Å². The molecular weight excluding hydrogens is 366 g/mol. The van der Waals surface area contributed by atoms with Crippen LogP contribution in [0.2, 0.25) is 0 Å². The van der Waals surface area contributed by atoms with Gasteiger partial charge in [0.2, 0.25) is 0 Å². The Morgan fingerprint density at radius 1 is 0.733 bits per heavy atom. The molecule has 0 aromatic carbocycles. The topological polar surface area (TPSA) is 44.0 Å². The molecule has 0 aromatic heterocycles. The minimum atomic E-state index is -0.193. The molecule has 0 radical (unpaired) electrons. The zero-order valence-electron chi connectivity index (χ0n) is 20.3. The summed E-state index contributed by atoms with van der Waals surface area (Å²) in [5.41, 5.74) is 0. The molecule has 1 N–H and O–H groups in total. The van der Waals surface area contributed by atoms with Crippen LogP contribution in [-0.4, -0.2) is 11.2 Å². The van der Waals surface area contributed by atoms with Crippen LogP contribution in [0.3, 0.4) is 0 Å². The molecule has 174 valence electrons. The van der Waals surface area contributed by atoms with Crippen LogP contribution in [-0.2, 0) is 0 Å². The zero-order valence-corrected chi connectivity index (χ0v) is 20.3. The maximum Gasteiger partial charge on any atom is 0.0658 e. The number of nitriles is 1. The third-order valence-electron chi connectivity index (χ3n) is 8.53. The summed E-state index contributed by atoms with van der Waals surface area (Å²) in [6.07, 6.45) is 24.2. The first-order valence-electron chi connectivity index (χ1n) is 13.8. The van der Waals surface area contributed by atoms with Crippen molar-refractivity contribution in [2.75, 3.05) is 0 Å². The number of hydrogen-bond donors (Lipinski definition) is 1. The van der Waals surface area contributed by atoms with E-state index in [1.807, 2.05) is 0 Å². The molecule has 0 bridgehead atoms. The second kappa shape index (κ2) is 15.3. The molecule has 2 rings (SSSR count). The number of aliphatic hydroxyl groups excluding tert-OH is 1. The Morgan fingerprint density at radius 3 is 1.93 bits per heavy atom. The maximum atomic E-state index is 10.3. The lowest BCUT2D eigenvalue weighted by Gasteiger charge is -2.39. The summed E-state index contributed by atoms with van der Waals surface area (Å²) in [7, 11) is 0. The van der Waals surface area contributed by atoms with Crippen LogP contribution < -0.4 is 0 Å². The Hall–Kier alpha value is -0.550. The summed E-state index contributed by atoms with van der Waals surface area (Å²) in [6, 6.07) is 2.62. The van der Waals surface area contributed by atoms with Gasteiger partial charge in [-0.15, -0.1) is 0 Å². The minimum Gasteiger partial charge on any atom is -0.393 e. The van der Waals surface area contributed by atoms with Crippen molar-refractivity contribution in [2.45, 2.75) is 142 Å². The Morgan fingerprint density at radius 2 is 1.33 bits per heavy atom. The standard InChI is InChI=1S/C28H51NO/c1-3-5-7-9-11-28(30)21-20-27(22-29)26-18-16-25(17-19-26)24-14-12-23(13-15-24)10-8-6-4-2/h23-28,30H,3-21H2,1-2H3/t23-,24-,25?,26?,27?,28?. The van der Waals surface area contributed by atoms with E-state index >= 15 is 0 Å². The van der Waals surface area contributed by atoms with E-state index in [1.165, 1.54) is 96.3 Å². The van der Waals surface area contributed by atoms with Crippen LogP contribution in [0.15, 0.2) is 0 Å².